The van der Waals surface area contributed by atoms with Crippen LogP contribution in [0.1, 0.15) is 0 Å². The number of rotatable bonds is 5. The van der Waals surface area contributed by atoms with Crippen molar-refractivity contribution in [1.29, 1.82) is 0 Å². The van der Waals surface area contributed by atoms with Crippen molar-refractivity contribution in [2.24, 2.45) is 4.99 Å². The van der Waals surface area contributed by atoms with Crippen molar-refractivity contribution in [3.05, 3.63) is 53.6 Å². The largest absolute Gasteiger partial charge is 0.491 e. The lowest BCUT2D eigenvalue weighted by atomic mass is 10.2. The van der Waals surface area contributed by atoms with Gasteiger partial charge in [-0.15, -0.1) is 12.4 Å². The number of aliphatic hydroxyl groups excluding tert-OH is 1. The van der Waals surface area contributed by atoms with Crippen LogP contribution in [0.2, 0.25) is 5.02 Å². The summed E-state index contributed by atoms with van der Waals surface area (Å²) in [5.74, 6) is 1.61. The van der Waals surface area contributed by atoms with Crippen LogP contribution in [-0.4, -0.2) is 43.4 Å². The summed E-state index contributed by atoms with van der Waals surface area (Å²) in [6.07, 6.45) is -0.628. The monoisotopic (exact) mass is 379 g/mol. The second kappa shape index (κ2) is 7.52. The molecule has 2 aliphatic heterocycles. The van der Waals surface area contributed by atoms with Crippen molar-refractivity contribution < 1.29 is 9.84 Å². The van der Waals surface area contributed by atoms with Gasteiger partial charge in [0.25, 0.3) is 0 Å². The van der Waals surface area contributed by atoms with E-state index in [1.807, 2.05) is 12.1 Å². The smallest absolute Gasteiger partial charge is 0.206 e. The van der Waals surface area contributed by atoms with E-state index in [0.717, 1.165) is 30.4 Å². The number of β-amino-alcohol motifs (C(OH)–C–C–N with tert-alkyl or cyclic N) is 1. The third-order valence-electron chi connectivity index (χ3n) is 4.17. The fourth-order valence-electron chi connectivity index (χ4n) is 3.09. The fourth-order valence-corrected chi connectivity index (χ4v) is 3.22. The summed E-state index contributed by atoms with van der Waals surface area (Å²) in [4.78, 5) is 8.84. The van der Waals surface area contributed by atoms with E-state index in [-0.39, 0.29) is 19.0 Å². The van der Waals surface area contributed by atoms with Gasteiger partial charge in [-0.3, -0.25) is 4.99 Å². The molecule has 2 aliphatic rings. The van der Waals surface area contributed by atoms with Gasteiger partial charge in [0.1, 0.15) is 18.5 Å². The number of ether oxygens (including phenoxy) is 1. The molecule has 1 atom stereocenters. The van der Waals surface area contributed by atoms with Crippen molar-refractivity contribution in [3.63, 3.8) is 0 Å². The van der Waals surface area contributed by atoms with E-state index in [1.165, 1.54) is 0 Å². The molecule has 5 nitrogen and oxygen atoms in total. The molecule has 2 heterocycles. The lowest BCUT2D eigenvalue weighted by molar-refractivity contribution is 0.114. The topological polar surface area (TPSA) is 48.3 Å². The summed E-state index contributed by atoms with van der Waals surface area (Å²) in [6.45, 7) is 2.34. The maximum atomic E-state index is 10.4. The minimum absolute atomic E-state index is 0. The first-order chi connectivity index (χ1) is 11.7. The number of halogens is 2. The van der Waals surface area contributed by atoms with Gasteiger partial charge in [-0.25, -0.2) is 0 Å². The highest BCUT2D eigenvalue weighted by molar-refractivity contribution is 6.30. The van der Waals surface area contributed by atoms with E-state index in [0.29, 0.717) is 17.3 Å². The first-order valence-corrected chi connectivity index (χ1v) is 8.35. The van der Waals surface area contributed by atoms with Gasteiger partial charge < -0.3 is 19.6 Å². The van der Waals surface area contributed by atoms with Crippen molar-refractivity contribution in [2.75, 3.05) is 36.0 Å². The molecular formula is C18H19Cl2N3O2. The number of aliphatic hydroxyl groups is 1. The van der Waals surface area contributed by atoms with Gasteiger partial charge in [0, 0.05) is 11.6 Å². The van der Waals surface area contributed by atoms with E-state index >= 15 is 0 Å². The molecule has 0 aliphatic carbocycles. The first kappa shape index (κ1) is 17.9. The number of guanidine groups is 1. The minimum Gasteiger partial charge on any atom is -0.491 e. The highest BCUT2D eigenvalue weighted by Gasteiger charge is 2.35. The van der Waals surface area contributed by atoms with Crippen LogP contribution in [-0.2, 0) is 0 Å². The van der Waals surface area contributed by atoms with Gasteiger partial charge in [0.05, 0.1) is 24.5 Å². The predicted octanol–water partition coefficient (Wildman–Crippen LogP) is 3.20. The molecule has 0 radical (unpaired) electrons. The average Bonchev–Trinajstić information content (AvgIpc) is 3.18. The van der Waals surface area contributed by atoms with Gasteiger partial charge in [0.15, 0.2) is 0 Å². The summed E-state index contributed by atoms with van der Waals surface area (Å²) in [6, 6.07) is 15.3. The Morgan fingerprint density at radius 3 is 2.60 bits per heavy atom. The summed E-state index contributed by atoms with van der Waals surface area (Å²) >= 11 is 5.86. The van der Waals surface area contributed by atoms with Crippen molar-refractivity contribution in [3.8, 4) is 5.75 Å². The average molecular weight is 380 g/mol. The zero-order chi connectivity index (χ0) is 16.5. The Bertz CT molecular complexity index is 767. The van der Waals surface area contributed by atoms with E-state index in [4.69, 9.17) is 16.3 Å². The molecule has 25 heavy (non-hydrogen) atoms. The maximum Gasteiger partial charge on any atom is 0.206 e. The molecule has 2 aromatic carbocycles. The number of para-hydroxylation sites is 2. The standard InChI is InChI=1S/C18H18ClN3O2.ClH/c19-13-5-7-15(8-6-13)24-12-14(23)11-22-17-4-2-1-3-16(17)21-10-9-20-18(21)22;/h1-8,14,23H,9-12H2;1H. The summed E-state index contributed by atoms with van der Waals surface area (Å²) in [5, 5.41) is 11.1. The molecule has 1 N–H and O–H groups in total. The molecule has 7 heteroatoms. The highest BCUT2D eigenvalue weighted by atomic mass is 35.5. The number of fused-ring (bicyclic) bond motifs is 3. The number of hydrogen-bond acceptors (Lipinski definition) is 5. The highest BCUT2D eigenvalue weighted by Crippen LogP contribution is 2.38. The van der Waals surface area contributed by atoms with E-state index in [2.05, 4.69) is 26.9 Å². The molecule has 0 saturated heterocycles. The quantitative estimate of drug-likeness (QED) is 0.866. The van der Waals surface area contributed by atoms with Gasteiger partial charge >= 0.3 is 0 Å². The summed E-state index contributed by atoms with van der Waals surface area (Å²) in [5.41, 5.74) is 2.24. The third kappa shape index (κ3) is 3.54. The Labute approximate surface area is 157 Å². The zero-order valence-corrected chi connectivity index (χ0v) is 15.1. The van der Waals surface area contributed by atoms with Crippen molar-refractivity contribution in [1.82, 2.24) is 0 Å². The molecule has 1 unspecified atom stereocenters. The SMILES string of the molecule is Cl.OC(COc1ccc(Cl)cc1)CN1C2=NCCN2c2ccccc21. The van der Waals surface area contributed by atoms with Gasteiger partial charge in [-0.2, -0.15) is 0 Å². The Hall–Kier alpha value is -1.95. The van der Waals surface area contributed by atoms with Crippen LogP contribution in [0.4, 0.5) is 11.4 Å². The van der Waals surface area contributed by atoms with Crippen LogP contribution < -0.4 is 14.5 Å². The van der Waals surface area contributed by atoms with Crippen molar-refractivity contribution in [2.45, 2.75) is 6.10 Å². The number of benzene rings is 2. The second-order valence-electron chi connectivity index (χ2n) is 5.85. The summed E-state index contributed by atoms with van der Waals surface area (Å²) < 4.78 is 5.64. The first-order valence-electron chi connectivity index (χ1n) is 7.97. The number of aliphatic imine (C=N–C) groups is 1. The van der Waals surface area contributed by atoms with Gasteiger partial charge in [-0.05, 0) is 36.4 Å². The Morgan fingerprint density at radius 1 is 1.12 bits per heavy atom. The minimum atomic E-state index is -0.628. The molecular weight excluding hydrogens is 361 g/mol. The maximum absolute atomic E-state index is 10.4. The molecule has 0 fully saturated rings. The van der Waals surface area contributed by atoms with Crippen molar-refractivity contribution >= 4 is 41.3 Å². The zero-order valence-electron chi connectivity index (χ0n) is 13.5. The lowest BCUT2D eigenvalue weighted by Gasteiger charge is -2.22. The number of anilines is 2. The van der Waals surface area contributed by atoms with Crippen LogP contribution in [0.25, 0.3) is 0 Å². The Kier molecular flexibility index (Phi) is 5.37. The van der Waals surface area contributed by atoms with Gasteiger partial charge in [-0.1, -0.05) is 23.7 Å². The van der Waals surface area contributed by atoms with Gasteiger partial charge in [0.2, 0.25) is 5.96 Å². The number of hydrogen-bond donors (Lipinski definition) is 1. The van der Waals surface area contributed by atoms with E-state index < -0.39 is 6.10 Å². The van der Waals surface area contributed by atoms with E-state index in [1.54, 1.807) is 24.3 Å². The van der Waals surface area contributed by atoms with Crippen LogP contribution in [0.5, 0.6) is 5.75 Å². The third-order valence-corrected chi connectivity index (χ3v) is 4.42. The van der Waals surface area contributed by atoms with Crippen LogP contribution in [0.3, 0.4) is 0 Å². The molecule has 0 bridgehead atoms. The molecule has 0 spiro atoms. The Balaban J connectivity index is 0.00000182. The molecule has 2 aromatic rings. The molecule has 4 rings (SSSR count). The van der Waals surface area contributed by atoms with Crippen LogP contribution in [0.15, 0.2) is 53.5 Å². The molecule has 132 valence electrons. The second-order valence-corrected chi connectivity index (χ2v) is 6.29. The predicted molar refractivity (Wildman–Crippen MR) is 104 cm³/mol. The van der Waals surface area contributed by atoms with Crippen LogP contribution >= 0.6 is 24.0 Å². The molecule has 0 amide bonds. The van der Waals surface area contributed by atoms with Crippen LogP contribution in [0, 0.1) is 0 Å². The Morgan fingerprint density at radius 2 is 1.84 bits per heavy atom. The van der Waals surface area contributed by atoms with E-state index in [9.17, 15) is 5.11 Å². The molecule has 0 aromatic heterocycles. The lowest BCUT2D eigenvalue weighted by Crippen LogP contribution is -2.41. The summed E-state index contributed by atoms with van der Waals surface area (Å²) in [7, 11) is 0. The number of nitrogens with zero attached hydrogens (tertiary/aromatic N) is 3. The fraction of sp³-hybridized carbons (Fsp3) is 0.278. The normalized spacial score (nSPS) is 16.0. The molecule has 0 saturated carbocycles.